The number of anilines is 2. The van der Waals surface area contributed by atoms with Crippen LogP contribution in [0.1, 0.15) is 12.5 Å². The summed E-state index contributed by atoms with van der Waals surface area (Å²) in [5.41, 5.74) is 9.23. The Kier molecular flexibility index (Phi) is 7.91. The molecule has 7 rings (SSSR count). The molecular formula is C20H23BrN10O14P2. The van der Waals surface area contributed by atoms with E-state index in [9.17, 15) is 38.7 Å². The molecule has 0 aromatic carbocycles. The molecule has 3 fully saturated rings. The highest BCUT2D eigenvalue weighted by atomic mass is 79.9. The number of phosphoric ester groups is 2. The van der Waals surface area contributed by atoms with Gasteiger partial charge >= 0.3 is 15.6 Å². The van der Waals surface area contributed by atoms with Crippen molar-refractivity contribution in [1.29, 1.82) is 0 Å². The summed E-state index contributed by atoms with van der Waals surface area (Å²) in [5.74, 6) is -0.580. The lowest BCUT2D eigenvalue weighted by Gasteiger charge is -2.27. The van der Waals surface area contributed by atoms with Crippen LogP contribution in [-0.4, -0.2) is 109 Å². The quantitative estimate of drug-likeness (QED) is 0.0786. The Balaban J connectivity index is 1.19. The molecule has 3 aliphatic heterocycles. The van der Waals surface area contributed by atoms with E-state index >= 15 is 0 Å². The third-order valence-corrected chi connectivity index (χ3v) is 9.97. The van der Waals surface area contributed by atoms with E-state index < -0.39 is 89.1 Å². The van der Waals surface area contributed by atoms with Gasteiger partial charge in [-0.2, -0.15) is 9.97 Å². The van der Waals surface area contributed by atoms with Gasteiger partial charge in [0, 0.05) is 0 Å². The van der Waals surface area contributed by atoms with Gasteiger partial charge in [-0.25, -0.2) is 19.1 Å². The van der Waals surface area contributed by atoms with Crippen molar-refractivity contribution in [2.75, 3.05) is 24.7 Å². The number of aromatic nitrogens is 8. The average Bonchev–Trinajstić information content (AvgIpc) is 3.70. The molecule has 24 nitrogen and oxygen atoms in total. The first-order chi connectivity index (χ1) is 22.1. The van der Waals surface area contributed by atoms with E-state index in [1.165, 1.54) is 0 Å². The van der Waals surface area contributed by atoms with Crippen LogP contribution in [0.5, 0.6) is 0 Å². The van der Waals surface area contributed by atoms with Crippen molar-refractivity contribution in [2.24, 2.45) is 0 Å². The van der Waals surface area contributed by atoms with E-state index in [2.05, 4.69) is 45.8 Å². The number of nitrogen functional groups attached to an aromatic ring is 2. The van der Waals surface area contributed by atoms with Crippen LogP contribution in [0.2, 0.25) is 0 Å². The zero-order valence-electron chi connectivity index (χ0n) is 23.1. The van der Waals surface area contributed by atoms with Crippen molar-refractivity contribution in [3.05, 3.63) is 31.8 Å². The van der Waals surface area contributed by atoms with Crippen molar-refractivity contribution in [1.82, 2.24) is 39.0 Å². The van der Waals surface area contributed by atoms with E-state index in [0.29, 0.717) is 0 Å². The van der Waals surface area contributed by atoms with Crippen molar-refractivity contribution in [3.8, 4) is 0 Å². The third-order valence-electron chi connectivity index (χ3n) is 7.44. The molecule has 4 aromatic rings. The summed E-state index contributed by atoms with van der Waals surface area (Å²) in [4.78, 5) is 66.3. The lowest BCUT2D eigenvalue weighted by atomic mass is 10.1. The Morgan fingerprint density at radius 3 is 1.94 bits per heavy atom. The standard InChI is InChI=1S/C20H23BrN10O14P2/c21-18-25-7-13(27-20(23)29-15(7)35)31(18)17-9(33)11-5(43-17)2-41-46(36,37)44-10-4(1-40-47(38,39)45-11)42-16(8(10)32)30-3-24-6-12(30)26-19(22)28-14(6)34/h3-5,8-11,16-17,32-33H,1-2H2,(H,36,37)(H,38,39)(H3,22,26,28,34)(H3,23,27,29,35)/t4-,5-,8-,9-,10-,11-,16-,17-/m1/s1. The maximum absolute atomic E-state index is 13.1. The first-order valence-electron chi connectivity index (χ1n) is 13.3. The summed E-state index contributed by atoms with van der Waals surface area (Å²) in [6, 6.07) is 0. The summed E-state index contributed by atoms with van der Waals surface area (Å²) in [7, 11) is -10.2. The predicted molar refractivity (Wildman–Crippen MR) is 154 cm³/mol. The number of hydrogen-bond acceptors (Lipinski definition) is 18. The molecule has 0 amide bonds. The molecule has 3 saturated heterocycles. The van der Waals surface area contributed by atoms with Gasteiger partial charge in [-0.1, -0.05) is 0 Å². The number of aliphatic hydroxyl groups is 2. The number of rotatable bonds is 2. The second-order valence-electron chi connectivity index (χ2n) is 10.4. The number of aliphatic hydroxyl groups excluding tert-OH is 2. The number of nitrogens with two attached hydrogens (primary N) is 2. The van der Waals surface area contributed by atoms with Gasteiger partial charge in [0.1, 0.15) is 36.6 Å². The number of fused-ring (bicyclic) bond motifs is 4. The SMILES string of the molecule is Nc1nc2c(ncn2[C@@H]2O[C@@H]3COP(=O)(O)O[C@H]4[C@@H](O)[C@H](n5c(Br)nc6c(=O)[nH]c(N)nc65)O[C@@H]4COP(=O)(O)O[C@H]3[C@H]2O)c(=O)[nH]1. The zero-order chi connectivity index (χ0) is 33.6. The molecule has 3 aliphatic rings. The fraction of sp³-hybridized carbons (Fsp3) is 0.500. The molecule has 10 atom stereocenters. The first kappa shape index (κ1) is 32.4. The average molecular weight is 769 g/mol. The number of nitrogens with zero attached hydrogens (tertiary/aromatic N) is 6. The van der Waals surface area contributed by atoms with Gasteiger partial charge < -0.3 is 40.9 Å². The number of halogens is 1. The normalized spacial score (nSPS) is 36.6. The second kappa shape index (κ2) is 11.5. The molecule has 0 spiro atoms. The fourth-order valence-electron chi connectivity index (χ4n) is 5.44. The van der Waals surface area contributed by atoms with E-state index in [4.69, 9.17) is 39.0 Å². The number of ether oxygens (including phenoxy) is 2. The minimum Gasteiger partial charge on any atom is -0.386 e. The molecule has 7 heterocycles. The number of imidazole rings is 2. The van der Waals surface area contributed by atoms with Gasteiger partial charge in [-0.15, -0.1) is 0 Å². The van der Waals surface area contributed by atoms with Gasteiger partial charge in [0.15, 0.2) is 39.5 Å². The van der Waals surface area contributed by atoms with Crippen LogP contribution in [0.3, 0.4) is 0 Å². The molecule has 2 unspecified atom stereocenters. The summed E-state index contributed by atoms with van der Waals surface area (Å²) >= 11 is 3.15. The zero-order valence-corrected chi connectivity index (χ0v) is 26.5. The van der Waals surface area contributed by atoms with E-state index in [1.54, 1.807) is 0 Å². The molecular weight excluding hydrogens is 746 g/mol. The molecule has 0 bridgehead atoms. The van der Waals surface area contributed by atoms with Crippen LogP contribution in [0, 0.1) is 0 Å². The van der Waals surface area contributed by atoms with Gasteiger partial charge in [0.2, 0.25) is 11.9 Å². The molecule has 0 aliphatic carbocycles. The second-order valence-corrected chi connectivity index (χ2v) is 14.0. The number of hydrogen-bond donors (Lipinski definition) is 8. The minimum atomic E-state index is -5.12. The Labute approximate surface area is 266 Å². The van der Waals surface area contributed by atoms with Crippen LogP contribution < -0.4 is 22.6 Å². The van der Waals surface area contributed by atoms with E-state index in [-0.39, 0.29) is 39.0 Å². The maximum atomic E-state index is 13.1. The first-order valence-corrected chi connectivity index (χ1v) is 17.0. The van der Waals surface area contributed by atoms with Gasteiger partial charge in [-0.05, 0) is 15.9 Å². The smallest absolute Gasteiger partial charge is 0.386 e. The third kappa shape index (κ3) is 5.71. The summed E-state index contributed by atoms with van der Waals surface area (Å²) < 4.78 is 60.7. The van der Waals surface area contributed by atoms with Crippen molar-refractivity contribution in [3.63, 3.8) is 0 Å². The van der Waals surface area contributed by atoms with Gasteiger partial charge in [-0.3, -0.25) is 46.8 Å². The molecule has 10 N–H and O–H groups in total. The Morgan fingerprint density at radius 1 is 0.830 bits per heavy atom. The summed E-state index contributed by atoms with van der Waals surface area (Å²) in [5, 5.41) is 22.4. The lowest BCUT2D eigenvalue weighted by molar-refractivity contribution is -0.0666. The Morgan fingerprint density at radius 2 is 1.34 bits per heavy atom. The number of phosphoric acid groups is 2. The van der Waals surface area contributed by atoms with Crippen LogP contribution in [0.25, 0.3) is 22.3 Å². The monoisotopic (exact) mass is 768 g/mol. The molecule has 4 aromatic heterocycles. The Bertz CT molecular complexity index is 2110. The van der Waals surface area contributed by atoms with Crippen LogP contribution in [0.15, 0.2) is 20.7 Å². The van der Waals surface area contributed by atoms with Gasteiger partial charge in [0.25, 0.3) is 11.1 Å². The summed E-state index contributed by atoms with van der Waals surface area (Å²) in [6.07, 6.45) is -12.1. The number of aromatic amines is 2. The highest BCUT2D eigenvalue weighted by Crippen LogP contribution is 2.53. The molecule has 0 saturated carbocycles. The van der Waals surface area contributed by atoms with Crippen molar-refractivity contribution in [2.45, 2.75) is 49.1 Å². The topological polar surface area (TPSA) is 350 Å². The van der Waals surface area contributed by atoms with Gasteiger partial charge in [0.05, 0.1) is 19.5 Å². The largest absolute Gasteiger partial charge is 0.472 e. The fourth-order valence-corrected chi connectivity index (χ4v) is 7.92. The van der Waals surface area contributed by atoms with Crippen LogP contribution in [0.4, 0.5) is 11.9 Å². The van der Waals surface area contributed by atoms with Crippen LogP contribution in [-0.2, 0) is 36.7 Å². The van der Waals surface area contributed by atoms with E-state index in [1.807, 2.05) is 0 Å². The van der Waals surface area contributed by atoms with Crippen LogP contribution >= 0.6 is 31.6 Å². The number of nitrogens with one attached hydrogen (secondary N) is 2. The Hall–Kier alpha value is -3.16. The molecule has 47 heavy (non-hydrogen) atoms. The molecule has 0 radical (unpaired) electrons. The number of H-pyrrole nitrogens is 2. The molecule has 27 heteroatoms. The predicted octanol–water partition coefficient (Wildman–Crippen LogP) is -2.29. The minimum absolute atomic E-state index is 0.0698. The van der Waals surface area contributed by atoms with Crippen molar-refractivity contribution >= 4 is 65.8 Å². The summed E-state index contributed by atoms with van der Waals surface area (Å²) in [6.45, 7) is -1.77. The van der Waals surface area contributed by atoms with E-state index in [0.717, 1.165) is 15.5 Å². The molecule has 254 valence electrons. The van der Waals surface area contributed by atoms with Crippen molar-refractivity contribution < 1.29 is 56.7 Å². The lowest BCUT2D eigenvalue weighted by Crippen LogP contribution is -2.39. The highest BCUT2D eigenvalue weighted by molar-refractivity contribution is 9.10. The highest BCUT2D eigenvalue weighted by Gasteiger charge is 2.54. The maximum Gasteiger partial charge on any atom is 0.472 e.